The van der Waals surface area contributed by atoms with E-state index in [9.17, 15) is 4.79 Å². The summed E-state index contributed by atoms with van der Waals surface area (Å²) >= 11 is 0. The molecule has 0 aromatic carbocycles. The maximum Gasteiger partial charge on any atom is 0.231 e. The molecule has 3 aliphatic heterocycles. The van der Waals surface area contributed by atoms with Crippen molar-refractivity contribution in [2.75, 3.05) is 53.1 Å². The summed E-state index contributed by atoms with van der Waals surface area (Å²) in [5.74, 6) is 0.328. The molecule has 120 valence electrons. The van der Waals surface area contributed by atoms with E-state index in [1.807, 2.05) is 0 Å². The largest absolute Gasteiger partial charge is 0.384 e. The number of nitrogens with one attached hydrogen (secondary N) is 1. The Morgan fingerprint density at radius 1 is 1.19 bits per heavy atom. The first-order valence-corrected chi connectivity index (χ1v) is 8.27. The van der Waals surface area contributed by atoms with Crippen molar-refractivity contribution in [3.05, 3.63) is 0 Å². The number of piperidine rings is 1. The van der Waals surface area contributed by atoms with Gasteiger partial charge in [-0.15, -0.1) is 0 Å². The topological polar surface area (TPSA) is 50.8 Å². The van der Waals surface area contributed by atoms with Gasteiger partial charge in [-0.25, -0.2) is 0 Å². The average molecular weight is 296 g/mol. The minimum atomic E-state index is -0.295. The summed E-state index contributed by atoms with van der Waals surface area (Å²) in [6, 6.07) is 0. The summed E-state index contributed by atoms with van der Waals surface area (Å²) in [5.41, 5.74) is 0.0335. The second kappa shape index (κ2) is 6.23. The van der Waals surface area contributed by atoms with E-state index < -0.39 is 0 Å². The molecule has 3 fully saturated rings. The van der Waals surface area contributed by atoms with Crippen LogP contribution in [0.25, 0.3) is 0 Å². The molecule has 0 bridgehead atoms. The average Bonchev–Trinajstić information content (AvgIpc) is 2.92. The molecule has 1 N–H and O–H groups in total. The molecule has 0 aliphatic carbocycles. The fraction of sp³-hybridized carbons (Fsp3) is 0.938. The number of hydrogen-bond acceptors (Lipinski definition) is 4. The van der Waals surface area contributed by atoms with E-state index in [0.29, 0.717) is 17.9 Å². The maximum atomic E-state index is 13.1. The predicted octanol–water partition coefficient (Wildman–Crippen LogP) is 1.03. The molecular weight excluding hydrogens is 268 g/mol. The van der Waals surface area contributed by atoms with E-state index in [-0.39, 0.29) is 5.41 Å². The summed E-state index contributed by atoms with van der Waals surface area (Å²) in [7, 11) is 1.71. The van der Waals surface area contributed by atoms with Crippen molar-refractivity contribution in [1.29, 1.82) is 0 Å². The standard InChI is InChI=1S/C16H28N2O3/c1-20-13-16(2-7-17-8-3-16)14(19)18-9-4-15(12-18)5-10-21-11-6-15/h17H,2-13H2,1H3. The van der Waals surface area contributed by atoms with Gasteiger partial charge in [-0.05, 0) is 50.6 Å². The van der Waals surface area contributed by atoms with Gasteiger partial charge in [0, 0.05) is 33.4 Å². The van der Waals surface area contributed by atoms with Crippen LogP contribution in [0.1, 0.15) is 32.1 Å². The molecule has 3 rings (SSSR count). The lowest BCUT2D eigenvalue weighted by atomic mass is 9.77. The molecule has 5 heteroatoms. The Hall–Kier alpha value is -0.650. The fourth-order valence-electron chi connectivity index (χ4n) is 4.26. The van der Waals surface area contributed by atoms with E-state index >= 15 is 0 Å². The zero-order valence-corrected chi connectivity index (χ0v) is 13.2. The summed E-state index contributed by atoms with van der Waals surface area (Å²) < 4.78 is 10.9. The molecule has 1 spiro atoms. The summed E-state index contributed by atoms with van der Waals surface area (Å²) in [4.78, 5) is 15.2. The molecule has 5 nitrogen and oxygen atoms in total. The molecule has 3 heterocycles. The minimum Gasteiger partial charge on any atom is -0.384 e. The molecule has 3 aliphatic rings. The van der Waals surface area contributed by atoms with Crippen molar-refractivity contribution in [2.45, 2.75) is 32.1 Å². The van der Waals surface area contributed by atoms with Crippen molar-refractivity contribution in [3.8, 4) is 0 Å². The van der Waals surface area contributed by atoms with Crippen molar-refractivity contribution < 1.29 is 14.3 Å². The van der Waals surface area contributed by atoms with Gasteiger partial charge in [0.2, 0.25) is 5.91 Å². The predicted molar refractivity (Wildman–Crippen MR) is 80.1 cm³/mol. The van der Waals surface area contributed by atoms with Crippen molar-refractivity contribution in [3.63, 3.8) is 0 Å². The molecule has 0 radical (unpaired) electrons. The van der Waals surface area contributed by atoms with Crippen LogP contribution in [-0.4, -0.2) is 63.9 Å². The zero-order chi connectivity index (χ0) is 14.8. The number of amides is 1. The first-order chi connectivity index (χ1) is 10.2. The third-order valence-electron chi connectivity index (χ3n) is 5.71. The molecule has 21 heavy (non-hydrogen) atoms. The molecular formula is C16H28N2O3. The number of rotatable bonds is 3. The SMILES string of the molecule is COCC1(C(=O)N2CCC3(CCOCC3)C2)CCNCC1. The lowest BCUT2D eigenvalue weighted by Crippen LogP contribution is -2.51. The Morgan fingerprint density at radius 3 is 2.57 bits per heavy atom. The summed E-state index contributed by atoms with van der Waals surface area (Å²) in [5, 5.41) is 3.36. The zero-order valence-electron chi connectivity index (χ0n) is 13.2. The Morgan fingerprint density at radius 2 is 1.90 bits per heavy atom. The quantitative estimate of drug-likeness (QED) is 0.845. The Kier molecular flexibility index (Phi) is 4.52. The molecule has 0 aromatic heterocycles. The first kappa shape index (κ1) is 15.3. The Labute approximate surface area is 127 Å². The third-order valence-corrected chi connectivity index (χ3v) is 5.71. The highest BCUT2D eigenvalue weighted by Gasteiger charge is 2.47. The van der Waals surface area contributed by atoms with Crippen LogP contribution in [0.2, 0.25) is 0 Å². The fourth-order valence-corrected chi connectivity index (χ4v) is 4.26. The van der Waals surface area contributed by atoms with E-state index in [1.54, 1.807) is 7.11 Å². The van der Waals surface area contributed by atoms with Gasteiger partial charge >= 0.3 is 0 Å². The number of carbonyl (C=O) groups excluding carboxylic acids is 1. The Balaban J connectivity index is 1.69. The highest BCUT2D eigenvalue weighted by molar-refractivity contribution is 5.83. The first-order valence-electron chi connectivity index (χ1n) is 8.27. The second-order valence-corrected chi connectivity index (χ2v) is 7.05. The summed E-state index contributed by atoms with van der Waals surface area (Å²) in [6.45, 7) is 5.94. The lowest BCUT2D eigenvalue weighted by Gasteiger charge is -2.39. The van der Waals surface area contributed by atoms with Gasteiger partial charge in [-0.3, -0.25) is 4.79 Å². The van der Waals surface area contributed by atoms with Crippen LogP contribution in [0.5, 0.6) is 0 Å². The Bertz CT molecular complexity index is 368. The molecule has 0 unspecified atom stereocenters. The molecule has 0 saturated carbocycles. The van der Waals surface area contributed by atoms with Crippen molar-refractivity contribution in [1.82, 2.24) is 10.2 Å². The second-order valence-electron chi connectivity index (χ2n) is 7.05. The van der Waals surface area contributed by atoms with Gasteiger partial charge in [0.1, 0.15) is 0 Å². The van der Waals surface area contributed by atoms with Crippen LogP contribution in [0, 0.1) is 10.8 Å². The van der Waals surface area contributed by atoms with Crippen molar-refractivity contribution in [2.24, 2.45) is 10.8 Å². The van der Waals surface area contributed by atoms with E-state index in [1.165, 1.54) is 0 Å². The van der Waals surface area contributed by atoms with Gasteiger partial charge in [0.25, 0.3) is 0 Å². The van der Waals surface area contributed by atoms with E-state index in [0.717, 1.165) is 71.5 Å². The van der Waals surface area contributed by atoms with Crippen molar-refractivity contribution >= 4 is 5.91 Å². The summed E-state index contributed by atoms with van der Waals surface area (Å²) in [6.07, 6.45) is 5.15. The number of methoxy groups -OCH3 is 1. The van der Waals surface area contributed by atoms with Crippen LogP contribution in [0.4, 0.5) is 0 Å². The van der Waals surface area contributed by atoms with Crippen LogP contribution < -0.4 is 5.32 Å². The molecule has 0 atom stereocenters. The van der Waals surface area contributed by atoms with Crippen LogP contribution >= 0.6 is 0 Å². The van der Waals surface area contributed by atoms with Gasteiger partial charge in [-0.2, -0.15) is 0 Å². The van der Waals surface area contributed by atoms with Gasteiger partial charge < -0.3 is 19.7 Å². The monoisotopic (exact) mass is 296 g/mol. The minimum absolute atomic E-state index is 0.295. The number of nitrogens with zero attached hydrogens (tertiary/aromatic N) is 1. The highest BCUT2D eigenvalue weighted by atomic mass is 16.5. The van der Waals surface area contributed by atoms with Crippen LogP contribution in [0.3, 0.4) is 0 Å². The van der Waals surface area contributed by atoms with Crippen LogP contribution in [0.15, 0.2) is 0 Å². The number of ether oxygens (including phenoxy) is 2. The number of hydrogen-bond donors (Lipinski definition) is 1. The van der Waals surface area contributed by atoms with E-state index in [4.69, 9.17) is 9.47 Å². The maximum absolute atomic E-state index is 13.1. The normalized spacial score (nSPS) is 28.0. The lowest BCUT2D eigenvalue weighted by molar-refractivity contribution is -0.147. The van der Waals surface area contributed by atoms with Gasteiger partial charge in [-0.1, -0.05) is 0 Å². The van der Waals surface area contributed by atoms with Gasteiger partial charge in [0.05, 0.1) is 12.0 Å². The third kappa shape index (κ3) is 2.96. The molecule has 1 amide bonds. The highest BCUT2D eigenvalue weighted by Crippen LogP contribution is 2.42. The number of carbonyl (C=O) groups is 1. The van der Waals surface area contributed by atoms with Gasteiger partial charge in [0.15, 0.2) is 0 Å². The van der Waals surface area contributed by atoms with Crippen LogP contribution in [-0.2, 0) is 14.3 Å². The molecule has 3 saturated heterocycles. The molecule has 0 aromatic rings. The number of likely N-dealkylation sites (tertiary alicyclic amines) is 1. The van der Waals surface area contributed by atoms with E-state index in [2.05, 4.69) is 10.2 Å². The smallest absolute Gasteiger partial charge is 0.231 e.